The molecule has 0 unspecified atom stereocenters. The Kier molecular flexibility index (Phi) is 9.85. The molecule has 1 heterocycles. The Morgan fingerprint density at radius 2 is 1.46 bits per heavy atom. The van der Waals surface area contributed by atoms with Crippen LogP contribution in [0.3, 0.4) is 0 Å². The van der Waals surface area contributed by atoms with Crippen LogP contribution in [-0.4, -0.2) is 63.4 Å². The molecular weight excluding hydrogens is 378 g/mol. The minimum Gasteiger partial charge on any atom is -0.374 e. The van der Waals surface area contributed by atoms with Crippen LogP contribution in [0.4, 0.5) is 4.79 Å². The van der Waals surface area contributed by atoms with Gasteiger partial charge in [0, 0.05) is 49.5 Å². The minimum absolute atomic E-state index is 0.0288. The largest absolute Gasteiger partial charge is 0.500 e. The first-order chi connectivity index (χ1) is 13.0. The Morgan fingerprint density at radius 1 is 1.00 bits per heavy atom. The Balaban J connectivity index is 2.48. The van der Waals surface area contributed by atoms with Gasteiger partial charge in [-0.05, 0) is 67.7 Å². The average molecular weight is 419 g/mol. The number of carbonyl (C=O) groups excluding carboxylic acids is 1. The molecule has 0 spiro atoms. The molecule has 0 aromatic heterocycles. The van der Waals surface area contributed by atoms with Crippen molar-refractivity contribution >= 4 is 14.8 Å². The first-order valence-electron chi connectivity index (χ1n) is 10.5. The van der Waals surface area contributed by atoms with Gasteiger partial charge in [0.05, 0.1) is 0 Å². The van der Waals surface area contributed by atoms with Crippen LogP contribution in [0.1, 0.15) is 67.7 Å². The topological polar surface area (TPSA) is 92.0 Å². The van der Waals surface area contributed by atoms with Crippen LogP contribution in [0, 0.1) is 0 Å². The highest BCUT2D eigenvalue weighted by Crippen LogP contribution is 2.36. The van der Waals surface area contributed by atoms with E-state index in [0.29, 0.717) is 45.3 Å². The number of nitrogens with zero attached hydrogens (tertiary/aromatic N) is 1. The van der Waals surface area contributed by atoms with Gasteiger partial charge in [-0.2, -0.15) is 0 Å². The predicted octanol–water partition coefficient (Wildman–Crippen LogP) is 3.09. The number of hydrogen-bond acceptors (Lipinski definition) is 5. The Hall–Kier alpha value is -0.713. The molecule has 2 amide bonds. The fourth-order valence-corrected chi connectivity index (χ4v) is 6.72. The van der Waals surface area contributed by atoms with E-state index in [-0.39, 0.29) is 12.1 Å². The van der Waals surface area contributed by atoms with Crippen molar-refractivity contribution in [2.45, 2.75) is 90.9 Å². The molecule has 1 aliphatic heterocycles. The summed E-state index contributed by atoms with van der Waals surface area (Å²) in [6.45, 7) is 15.6. The van der Waals surface area contributed by atoms with E-state index >= 15 is 0 Å². The third-order valence-corrected chi connectivity index (χ3v) is 8.12. The van der Waals surface area contributed by atoms with Gasteiger partial charge in [-0.1, -0.05) is 0 Å². The van der Waals surface area contributed by atoms with Crippen molar-refractivity contribution in [1.82, 2.24) is 15.7 Å². The number of amides is 2. The minimum atomic E-state index is -2.67. The Labute approximate surface area is 171 Å². The summed E-state index contributed by atoms with van der Waals surface area (Å²) in [4.78, 5) is 12.3. The van der Waals surface area contributed by atoms with Crippen LogP contribution >= 0.6 is 0 Å². The van der Waals surface area contributed by atoms with E-state index in [1.165, 1.54) is 0 Å². The molecule has 0 aromatic carbocycles. The maximum absolute atomic E-state index is 12.4. The third-order valence-electron chi connectivity index (χ3n) is 4.96. The van der Waals surface area contributed by atoms with Gasteiger partial charge in [0.15, 0.2) is 0 Å². The highest BCUT2D eigenvalue weighted by molar-refractivity contribution is 6.60. The number of carbonyl (C=O) groups is 1. The van der Waals surface area contributed by atoms with Gasteiger partial charge in [0.1, 0.15) is 0 Å². The van der Waals surface area contributed by atoms with Crippen molar-refractivity contribution in [3.05, 3.63) is 0 Å². The molecule has 1 radical (unpaired) electrons. The lowest BCUT2D eigenvalue weighted by Crippen LogP contribution is -2.63. The summed E-state index contributed by atoms with van der Waals surface area (Å²) in [5, 5.41) is 19.5. The number of hydroxylamine groups is 2. The normalized spacial score (nSPS) is 20.1. The van der Waals surface area contributed by atoms with Crippen LogP contribution in [0.2, 0.25) is 6.04 Å². The lowest BCUT2D eigenvalue weighted by Gasteiger charge is -2.49. The zero-order valence-corrected chi connectivity index (χ0v) is 19.7. The second-order valence-corrected chi connectivity index (χ2v) is 11.2. The summed E-state index contributed by atoms with van der Waals surface area (Å²) in [6.07, 6.45) is 1.97. The number of rotatable bonds is 11. The van der Waals surface area contributed by atoms with Crippen molar-refractivity contribution in [1.29, 1.82) is 0 Å². The Bertz CT molecular complexity index is 455. The van der Waals surface area contributed by atoms with Gasteiger partial charge in [-0.3, -0.25) is 0 Å². The van der Waals surface area contributed by atoms with E-state index in [2.05, 4.69) is 10.6 Å². The molecule has 0 aromatic rings. The van der Waals surface area contributed by atoms with E-state index in [4.69, 9.17) is 13.3 Å². The standard InChI is InChI=1S/C19H40N3O5Si/c1-8-25-28(26-9-2,27-10-3)13-11-12-20-17(23)21-16-14-18(4,5)22(24)19(6,7)15-16/h16H,8-15H2,1-7H3,(H2,20,21,23). The summed E-state index contributed by atoms with van der Waals surface area (Å²) in [5.41, 5.74) is -1.01. The van der Waals surface area contributed by atoms with Crippen molar-refractivity contribution in [3.63, 3.8) is 0 Å². The zero-order chi connectivity index (χ0) is 21.4. The molecule has 28 heavy (non-hydrogen) atoms. The summed E-state index contributed by atoms with van der Waals surface area (Å²) < 4.78 is 17.5. The van der Waals surface area contributed by atoms with Crippen LogP contribution in [0.5, 0.6) is 0 Å². The van der Waals surface area contributed by atoms with Gasteiger partial charge in [0.25, 0.3) is 0 Å². The van der Waals surface area contributed by atoms with E-state index < -0.39 is 19.9 Å². The first kappa shape index (κ1) is 25.3. The lowest BCUT2D eigenvalue weighted by atomic mass is 9.79. The number of urea groups is 1. The highest BCUT2D eigenvalue weighted by atomic mass is 28.4. The third kappa shape index (κ3) is 7.27. The lowest BCUT2D eigenvalue weighted by molar-refractivity contribution is -0.289. The molecule has 8 nitrogen and oxygen atoms in total. The van der Waals surface area contributed by atoms with E-state index in [0.717, 1.165) is 11.5 Å². The van der Waals surface area contributed by atoms with Gasteiger partial charge >= 0.3 is 14.8 Å². The molecule has 0 bridgehead atoms. The van der Waals surface area contributed by atoms with Gasteiger partial charge in [-0.25, -0.2) is 4.79 Å². The number of nitrogens with one attached hydrogen (secondary N) is 2. The SMILES string of the molecule is CCO[Si](CCCNC(=O)NC1CC(C)(C)N([O])C(C)(C)C1)(OCC)OCC. The zero-order valence-electron chi connectivity index (χ0n) is 18.7. The fraction of sp³-hybridized carbons (Fsp3) is 0.947. The van der Waals surface area contributed by atoms with E-state index in [1.54, 1.807) is 0 Å². The molecule has 9 heteroatoms. The van der Waals surface area contributed by atoms with Gasteiger partial charge < -0.3 is 23.9 Å². The van der Waals surface area contributed by atoms with Gasteiger partial charge in [0.2, 0.25) is 0 Å². The second kappa shape index (κ2) is 10.9. The van der Waals surface area contributed by atoms with Crippen LogP contribution in [-0.2, 0) is 18.5 Å². The number of piperidine rings is 1. The van der Waals surface area contributed by atoms with E-state index in [1.807, 2.05) is 48.5 Å². The van der Waals surface area contributed by atoms with Crippen molar-refractivity contribution in [2.75, 3.05) is 26.4 Å². The summed E-state index contributed by atoms with van der Waals surface area (Å²) in [6, 6.07) is 0.434. The fourth-order valence-electron chi connectivity index (χ4n) is 4.11. The summed E-state index contributed by atoms with van der Waals surface area (Å²) >= 11 is 0. The maximum atomic E-state index is 12.4. The predicted molar refractivity (Wildman–Crippen MR) is 110 cm³/mol. The van der Waals surface area contributed by atoms with Crippen LogP contribution in [0.15, 0.2) is 0 Å². The monoisotopic (exact) mass is 418 g/mol. The Morgan fingerprint density at radius 3 is 1.89 bits per heavy atom. The number of hydrogen-bond donors (Lipinski definition) is 2. The molecule has 0 aliphatic carbocycles. The van der Waals surface area contributed by atoms with Gasteiger partial charge in [-0.15, -0.1) is 10.3 Å². The molecule has 1 aliphatic rings. The molecule has 165 valence electrons. The molecule has 1 fully saturated rings. The maximum Gasteiger partial charge on any atom is 0.500 e. The van der Waals surface area contributed by atoms with Crippen molar-refractivity contribution in [2.24, 2.45) is 0 Å². The highest BCUT2D eigenvalue weighted by Gasteiger charge is 2.46. The summed E-state index contributed by atoms with van der Waals surface area (Å²) in [5.74, 6) is 0. The summed E-state index contributed by atoms with van der Waals surface area (Å²) in [7, 11) is -2.67. The molecule has 1 rings (SSSR count). The van der Waals surface area contributed by atoms with Crippen molar-refractivity contribution in [3.8, 4) is 0 Å². The smallest absolute Gasteiger partial charge is 0.374 e. The van der Waals surface area contributed by atoms with Crippen LogP contribution < -0.4 is 10.6 Å². The van der Waals surface area contributed by atoms with Crippen molar-refractivity contribution < 1.29 is 23.3 Å². The molecule has 1 saturated heterocycles. The molecule has 2 N–H and O–H groups in total. The van der Waals surface area contributed by atoms with E-state index in [9.17, 15) is 10.0 Å². The quantitative estimate of drug-likeness (QED) is 0.397. The first-order valence-corrected chi connectivity index (χ1v) is 12.4. The molecule has 0 saturated carbocycles. The molecule has 0 atom stereocenters. The average Bonchev–Trinajstić information content (AvgIpc) is 2.57. The van der Waals surface area contributed by atoms with Crippen LogP contribution in [0.25, 0.3) is 0 Å². The second-order valence-electron chi connectivity index (χ2n) is 8.51. The molecular formula is C19H40N3O5Si.